The average Bonchev–Trinajstić information content (AvgIpc) is 3.15. The molecule has 0 aliphatic carbocycles. The van der Waals surface area contributed by atoms with Crippen molar-refractivity contribution in [3.05, 3.63) is 35.7 Å². The number of amides is 1. The van der Waals surface area contributed by atoms with E-state index in [1.807, 2.05) is 32.0 Å². The molecular weight excluding hydrogens is 352 g/mol. The van der Waals surface area contributed by atoms with Crippen LogP contribution in [0.4, 0.5) is 0 Å². The highest BCUT2D eigenvalue weighted by Crippen LogP contribution is 2.33. The van der Waals surface area contributed by atoms with Gasteiger partial charge in [0.25, 0.3) is 5.91 Å². The van der Waals surface area contributed by atoms with Crippen molar-refractivity contribution < 1.29 is 23.7 Å². The van der Waals surface area contributed by atoms with Gasteiger partial charge < -0.3 is 24.3 Å². The van der Waals surface area contributed by atoms with Crippen LogP contribution in [0.2, 0.25) is 0 Å². The number of nitrogens with zero attached hydrogens (tertiary/aromatic N) is 3. The van der Waals surface area contributed by atoms with Crippen LogP contribution in [0.5, 0.6) is 11.5 Å². The highest BCUT2D eigenvalue weighted by molar-refractivity contribution is 5.91. The molecule has 1 amide bonds. The standard InChI is InChI=1S/C18H24N4O5/c1-3-24-16(25-4-2)12-22-11-14(20-21-22)18(23)19-10-13-6-5-7-15-17(13)27-9-8-26-15/h5-7,11,16H,3-4,8-10,12H2,1-2H3,(H,19,23). The van der Waals surface area contributed by atoms with Crippen molar-refractivity contribution in [1.29, 1.82) is 0 Å². The molecule has 1 aromatic heterocycles. The molecule has 9 nitrogen and oxygen atoms in total. The van der Waals surface area contributed by atoms with E-state index in [0.29, 0.717) is 51.0 Å². The van der Waals surface area contributed by atoms with Crippen LogP contribution in [0.1, 0.15) is 29.9 Å². The number of ether oxygens (including phenoxy) is 4. The monoisotopic (exact) mass is 376 g/mol. The largest absolute Gasteiger partial charge is 0.486 e. The molecule has 1 aliphatic heterocycles. The van der Waals surface area contributed by atoms with Crippen molar-refractivity contribution in [3.8, 4) is 11.5 Å². The number of carbonyl (C=O) groups excluding carboxylic acids is 1. The molecule has 0 saturated heterocycles. The van der Waals surface area contributed by atoms with Gasteiger partial charge in [0.2, 0.25) is 0 Å². The lowest BCUT2D eigenvalue weighted by molar-refractivity contribution is -0.145. The van der Waals surface area contributed by atoms with Crippen LogP contribution in [0.15, 0.2) is 24.4 Å². The summed E-state index contributed by atoms with van der Waals surface area (Å²) in [6.07, 6.45) is 1.14. The van der Waals surface area contributed by atoms with Crippen molar-refractivity contribution in [1.82, 2.24) is 20.3 Å². The first-order chi connectivity index (χ1) is 13.2. The maximum Gasteiger partial charge on any atom is 0.273 e. The van der Waals surface area contributed by atoms with Gasteiger partial charge in [0, 0.05) is 25.3 Å². The van der Waals surface area contributed by atoms with Crippen LogP contribution in [0, 0.1) is 0 Å². The molecule has 0 spiro atoms. The Morgan fingerprint density at radius 3 is 2.81 bits per heavy atom. The number of aromatic nitrogens is 3. The van der Waals surface area contributed by atoms with E-state index in [0.717, 1.165) is 5.56 Å². The van der Waals surface area contributed by atoms with Crippen LogP contribution in [0.25, 0.3) is 0 Å². The molecule has 0 saturated carbocycles. The Balaban J connectivity index is 1.58. The van der Waals surface area contributed by atoms with Crippen molar-refractivity contribution in [2.24, 2.45) is 0 Å². The fourth-order valence-corrected chi connectivity index (χ4v) is 2.71. The number of hydrogen-bond acceptors (Lipinski definition) is 7. The van der Waals surface area contributed by atoms with Gasteiger partial charge >= 0.3 is 0 Å². The first-order valence-corrected chi connectivity index (χ1v) is 9.00. The summed E-state index contributed by atoms with van der Waals surface area (Å²) in [5.74, 6) is 1.04. The Bertz CT molecular complexity index is 758. The lowest BCUT2D eigenvalue weighted by atomic mass is 10.1. The van der Waals surface area contributed by atoms with Crippen molar-refractivity contribution in [2.45, 2.75) is 33.2 Å². The smallest absolute Gasteiger partial charge is 0.273 e. The van der Waals surface area contributed by atoms with E-state index in [-0.39, 0.29) is 11.6 Å². The minimum Gasteiger partial charge on any atom is -0.486 e. The number of hydrogen-bond donors (Lipinski definition) is 1. The quantitative estimate of drug-likeness (QED) is 0.660. The van der Waals surface area contributed by atoms with E-state index in [9.17, 15) is 4.79 Å². The summed E-state index contributed by atoms with van der Waals surface area (Å²) in [7, 11) is 0. The summed E-state index contributed by atoms with van der Waals surface area (Å²) in [5, 5.41) is 10.7. The van der Waals surface area contributed by atoms with Crippen LogP contribution >= 0.6 is 0 Å². The molecule has 0 unspecified atom stereocenters. The van der Waals surface area contributed by atoms with Crippen LogP contribution in [0.3, 0.4) is 0 Å². The highest BCUT2D eigenvalue weighted by atomic mass is 16.7. The second-order valence-corrected chi connectivity index (χ2v) is 5.79. The van der Waals surface area contributed by atoms with E-state index in [1.54, 1.807) is 6.20 Å². The molecular formula is C18H24N4O5. The zero-order valence-electron chi connectivity index (χ0n) is 15.5. The molecule has 2 aromatic rings. The van der Waals surface area contributed by atoms with E-state index in [1.165, 1.54) is 4.68 Å². The third kappa shape index (κ3) is 4.95. The molecule has 3 rings (SSSR count). The van der Waals surface area contributed by atoms with E-state index >= 15 is 0 Å². The molecule has 0 bridgehead atoms. The predicted octanol–water partition coefficient (Wildman–Crippen LogP) is 1.38. The summed E-state index contributed by atoms with van der Waals surface area (Å²) in [5.41, 5.74) is 1.07. The number of fused-ring (bicyclic) bond motifs is 1. The molecule has 0 fully saturated rings. The first kappa shape index (κ1) is 19.1. The summed E-state index contributed by atoms with van der Waals surface area (Å²) in [6, 6.07) is 5.60. The summed E-state index contributed by atoms with van der Waals surface area (Å²) in [6.45, 7) is 6.52. The van der Waals surface area contributed by atoms with Gasteiger partial charge in [-0.15, -0.1) is 5.10 Å². The van der Waals surface area contributed by atoms with E-state index in [4.69, 9.17) is 18.9 Å². The summed E-state index contributed by atoms with van der Waals surface area (Å²) < 4.78 is 23.7. The maximum atomic E-state index is 12.4. The Morgan fingerprint density at radius 2 is 2.04 bits per heavy atom. The number of nitrogens with one attached hydrogen (secondary N) is 1. The summed E-state index contributed by atoms with van der Waals surface area (Å²) >= 11 is 0. The molecule has 1 aromatic carbocycles. The third-order valence-corrected chi connectivity index (χ3v) is 3.90. The van der Waals surface area contributed by atoms with Crippen molar-refractivity contribution >= 4 is 5.91 Å². The SMILES string of the molecule is CCOC(Cn1cc(C(=O)NCc2cccc3c2OCCO3)nn1)OCC. The van der Waals surface area contributed by atoms with Gasteiger partial charge in [0.1, 0.15) is 13.2 Å². The predicted molar refractivity (Wildman–Crippen MR) is 95.7 cm³/mol. The van der Waals surface area contributed by atoms with Crippen LogP contribution in [-0.2, 0) is 22.6 Å². The zero-order valence-corrected chi connectivity index (χ0v) is 15.5. The summed E-state index contributed by atoms with van der Waals surface area (Å²) in [4.78, 5) is 12.4. The lowest BCUT2D eigenvalue weighted by Gasteiger charge is -2.20. The van der Waals surface area contributed by atoms with Gasteiger partial charge in [-0.1, -0.05) is 17.3 Å². The van der Waals surface area contributed by atoms with Crippen LogP contribution in [-0.4, -0.2) is 53.6 Å². The van der Waals surface area contributed by atoms with Crippen molar-refractivity contribution in [2.75, 3.05) is 26.4 Å². The normalized spacial score (nSPS) is 13.0. The van der Waals surface area contributed by atoms with Gasteiger partial charge in [0.05, 0.1) is 12.7 Å². The third-order valence-electron chi connectivity index (χ3n) is 3.90. The molecule has 146 valence electrons. The zero-order chi connectivity index (χ0) is 19.1. The fraction of sp³-hybridized carbons (Fsp3) is 0.500. The van der Waals surface area contributed by atoms with Gasteiger partial charge in [-0.25, -0.2) is 4.68 Å². The number of carbonyl (C=O) groups is 1. The Labute approximate surface area is 157 Å². The highest BCUT2D eigenvalue weighted by Gasteiger charge is 2.18. The lowest BCUT2D eigenvalue weighted by Crippen LogP contribution is -2.25. The van der Waals surface area contributed by atoms with Gasteiger partial charge in [-0.2, -0.15) is 0 Å². The molecule has 0 atom stereocenters. The Morgan fingerprint density at radius 1 is 1.26 bits per heavy atom. The minimum absolute atomic E-state index is 0.226. The Hall–Kier alpha value is -2.65. The van der Waals surface area contributed by atoms with Crippen molar-refractivity contribution in [3.63, 3.8) is 0 Å². The molecule has 1 N–H and O–H groups in total. The van der Waals surface area contributed by atoms with Gasteiger partial charge in [0.15, 0.2) is 23.5 Å². The second kappa shape index (κ2) is 9.33. The van der Waals surface area contributed by atoms with Gasteiger partial charge in [-0.05, 0) is 19.9 Å². The molecule has 9 heteroatoms. The number of para-hydroxylation sites is 1. The van der Waals surface area contributed by atoms with Crippen LogP contribution < -0.4 is 14.8 Å². The van der Waals surface area contributed by atoms with Gasteiger partial charge in [-0.3, -0.25) is 4.79 Å². The molecule has 2 heterocycles. The first-order valence-electron chi connectivity index (χ1n) is 9.00. The number of rotatable bonds is 9. The van der Waals surface area contributed by atoms with E-state index < -0.39 is 6.29 Å². The van der Waals surface area contributed by atoms with E-state index in [2.05, 4.69) is 15.6 Å². The molecule has 0 radical (unpaired) electrons. The fourth-order valence-electron chi connectivity index (χ4n) is 2.71. The number of benzene rings is 1. The minimum atomic E-state index is -0.425. The maximum absolute atomic E-state index is 12.4. The average molecular weight is 376 g/mol. The second-order valence-electron chi connectivity index (χ2n) is 5.79. The molecule has 27 heavy (non-hydrogen) atoms. The molecule has 1 aliphatic rings. The topological polar surface area (TPSA) is 96.7 Å². The Kier molecular flexibility index (Phi) is 6.61.